The molecule has 0 aromatic carbocycles. The predicted octanol–water partition coefficient (Wildman–Crippen LogP) is 2.65. The SMILES string of the molecule is O[C@@H]1CCC/C=C/CCCC1. The van der Waals surface area contributed by atoms with Gasteiger partial charge in [-0.25, -0.2) is 0 Å². The Morgan fingerprint density at radius 3 is 2.36 bits per heavy atom. The van der Waals surface area contributed by atoms with Crippen molar-refractivity contribution in [1.29, 1.82) is 0 Å². The van der Waals surface area contributed by atoms with Crippen LogP contribution in [0.25, 0.3) is 0 Å². The van der Waals surface area contributed by atoms with Gasteiger partial charge in [0.25, 0.3) is 0 Å². The zero-order valence-electron chi connectivity index (χ0n) is 7.13. The first-order chi connectivity index (χ1) is 5.39. The lowest BCUT2D eigenvalue weighted by atomic mass is 10.0. The largest absolute Gasteiger partial charge is 0.393 e. The summed E-state index contributed by atoms with van der Waals surface area (Å²) in [6, 6.07) is 0. The molecule has 1 N–H and O–H groups in total. The smallest absolute Gasteiger partial charge is 0.0540 e. The van der Waals surface area contributed by atoms with Gasteiger partial charge in [0.15, 0.2) is 0 Å². The van der Waals surface area contributed by atoms with Crippen LogP contribution in [0.1, 0.15) is 44.9 Å². The Bertz CT molecular complexity index is 118. The predicted molar refractivity (Wildman–Crippen MR) is 47.5 cm³/mol. The van der Waals surface area contributed by atoms with E-state index < -0.39 is 0 Å². The molecular weight excluding hydrogens is 136 g/mol. The molecule has 0 bridgehead atoms. The third kappa shape index (κ3) is 4.20. The molecule has 1 nitrogen and oxygen atoms in total. The quantitative estimate of drug-likeness (QED) is 0.532. The molecule has 0 aliphatic heterocycles. The molecule has 0 spiro atoms. The van der Waals surface area contributed by atoms with Crippen molar-refractivity contribution in [3.63, 3.8) is 0 Å². The van der Waals surface area contributed by atoms with Crippen LogP contribution in [0.15, 0.2) is 12.2 Å². The maximum atomic E-state index is 9.41. The van der Waals surface area contributed by atoms with E-state index >= 15 is 0 Å². The first kappa shape index (κ1) is 8.79. The molecule has 11 heavy (non-hydrogen) atoms. The van der Waals surface area contributed by atoms with Crippen molar-refractivity contribution in [2.45, 2.75) is 51.0 Å². The van der Waals surface area contributed by atoms with Crippen LogP contribution < -0.4 is 0 Å². The van der Waals surface area contributed by atoms with Crippen LogP contribution in [-0.2, 0) is 0 Å². The minimum atomic E-state index is -0.0264. The molecule has 64 valence electrons. The summed E-state index contributed by atoms with van der Waals surface area (Å²) >= 11 is 0. The highest BCUT2D eigenvalue weighted by molar-refractivity contribution is 4.82. The first-order valence-corrected chi connectivity index (χ1v) is 4.72. The van der Waals surface area contributed by atoms with E-state index in [4.69, 9.17) is 0 Å². The minimum Gasteiger partial charge on any atom is -0.393 e. The van der Waals surface area contributed by atoms with Gasteiger partial charge < -0.3 is 5.11 Å². The van der Waals surface area contributed by atoms with Crippen molar-refractivity contribution < 1.29 is 5.11 Å². The number of hydrogen-bond donors (Lipinski definition) is 1. The highest BCUT2D eigenvalue weighted by Crippen LogP contribution is 2.12. The number of hydrogen-bond acceptors (Lipinski definition) is 1. The fourth-order valence-electron chi connectivity index (χ4n) is 1.49. The topological polar surface area (TPSA) is 20.2 Å². The van der Waals surface area contributed by atoms with Crippen LogP contribution in [0.4, 0.5) is 0 Å². The van der Waals surface area contributed by atoms with E-state index in [2.05, 4.69) is 12.2 Å². The van der Waals surface area contributed by atoms with Gasteiger partial charge in [0.1, 0.15) is 0 Å². The molecule has 0 aromatic rings. The zero-order valence-corrected chi connectivity index (χ0v) is 7.13. The second-order valence-corrected chi connectivity index (χ2v) is 3.34. The van der Waals surface area contributed by atoms with Crippen molar-refractivity contribution in [3.05, 3.63) is 12.2 Å². The first-order valence-electron chi connectivity index (χ1n) is 4.72. The fraction of sp³-hybridized carbons (Fsp3) is 0.800. The molecule has 0 heterocycles. The third-order valence-electron chi connectivity index (χ3n) is 2.23. The Morgan fingerprint density at radius 1 is 0.909 bits per heavy atom. The lowest BCUT2D eigenvalue weighted by molar-refractivity contribution is 0.148. The zero-order chi connectivity index (χ0) is 7.94. The second kappa shape index (κ2) is 5.36. The van der Waals surface area contributed by atoms with Crippen LogP contribution in [0, 0.1) is 0 Å². The normalized spacial score (nSPS) is 31.2. The summed E-state index contributed by atoms with van der Waals surface area (Å²) in [5, 5.41) is 9.41. The summed E-state index contributed by atoms with van der Waals surface area (Å²) in [7, 11) is 0. The molecule has 0 fully saturated rings. The molecule has 1 aliphatic rings. The molecule has 1 aliphatic carbocycles. The van der Waals surface area contributed by atoms with Gasteiger partial charge in [-0.05, 0) is 38.5 Å². The average Bonchev–Trinajstić information content (AvgIpc) is 2.03. The number of aliphatic hydroxyl groups is 1. The van der Waals surface area contributed by atoms with E-state index in [1.165, 1.54) is 19.3 Å². The Labute approximate surface area is 69.1 Å². The van der Waals surface area contributed by atoms with Gasteiger partial charge >= 0.3 is 0 Å². The maximum absolute atomic E-state index is 9.41. The van der Waals surface area contributed by atoms with E-state index in [0.29, 0.717) is 0 Å². The Kier molecular flexibility index (Phi) is 4.29. The van der Waals surface area contributed by atoms with Gasteiger partial charge in [-0.1, -0.05) is 18.6 Å². The summed E-state index contributed by atoms with van der Waals surface area (Å²) < 4.78 is 0. The molecule has 0 radical (unpaired) electrons. The number of allylic oxidation sites excluding steroid dienone is 2. The summed E-state index contributed by atoms with van der Waals surface area (Å²) in [6.07, 6.45) is 12.4. The van der Waals surface area contributed by atoms with E-state index in [0.717, 1.165) is 25.7 Å². The van der Waals surface area contributed by atoms with E-state index in [-0.39, 0.29) is 6.10 Å². The van der Waals surface area contributed by atoms with Crippen molar-refractivity contribution in [2.75, 3.05) is 0 Å². The minimum absolute atomic E-state index is 0.0264. The summed E-state index contributed by atoms with van der Waals surface area (Å²) in [4.78, 5) is 0. The van der Waals surface area contributed by atoms with E-state index in [1.54, 1.807) is 0 Å². The summed E-state index contributed by atoms with van der Waals surface area (Å²) in [5.41, 5.74) is 0. The van der Waals surface area contributed by atoms with Gasteiger partial charge in [-0.2, -0.15) is 0 Å². The third-order valence-corrected chi connectivity index (χ3v) is 2.23. The van der Waals surface area contributed by atoms with Gasteiger partial charge in [0.05, 0.1) is 6.10 Å². The van der Waals surface area contributed by atoms with E-state index in [1.807, 2.05) is 0 Å². The highest BCUT2D eigenvalue weighted by atomic mass is 16.3. The molecule has 0 amide bonds. The van der Waals surface area contributed by atoms with Crippen LogP contribution in [0.2, 0.25) is 0 Å². The van der Waals surface area contributed by atoms with Crippen LogP contribution in [0.3, 0.4) is 0 Å². The average molecular weight is 154 g/mol. The highest BCUT2D eigenvalue weighted by Gasteiger charge is 2.03. The summed E-state index contributed by atoms with van der Waals surface area (Å²) in [6.45, 7) is 0. The van der Waals surface area contributed by atoms with Crippen LogP contribution in [-0.4, -0.2) is 11.2 Å². The van der Waals surface area contributed by atoms with Crippen molar-refractivity contribution in [2.24, 2.45) is 0 Å². The van der Waals surface area contributed by atoms with Crippen LogP contribution >= 0.6 is 0 Å². The van der Waals surface area contributed by atoms with Gasteiger partial charge in [0, 0.05) is 0 Å². The molecule has 1 rings (SSSR count). The lowest BCUT2D eigenvalue weighted by Gasteiger charge is -2.09. The van der Waals surface area contributed by atoms with E-state index in [9.17, 15) is 5.11 Å². The fourth-order valence-corrected chi connectivity index (χ4v) is 1.49. The molecule has 0 aromatic heterocycles. The maximum Gasteiger partial charge on any atom is 0.0540 e. The molecule has 0 saturated heterocycles. The van der Waals surface area contributed by atoms with Crippen molar-refractivity contribution in [1.82, 2.24) is 0 Å². The number of rotatable bonds is 0. The standard InChI is InChI=1S/C10H18O/c11-10-8-6-4-2-1-3-5-7-9-10/h1-2,10-11H,3-9H2/b2-1+/t10-/m1/s1. The van der Waals surface area contributed by atoms with Crippen molar-refractivity contribution >= 4 is 0 Å². The van der Waals surface area contributed by atoms with Crippen molar-refractivity contribution in [3.8, 4) is 0 Å². The summed E-state index contributed by atoms with van der Waals surface area (Å²) in [5.74, 6) is 0. The van der Waals surface area contributed by atoms with Crippen LogP contribution in [0.5, 0.6) is 0 Å². The Balaban J connectivity index is 2.23. The van der Waals surface area contributed by atoms with Gasteiger partial charge in [-0.15, -0.1) is 0 Å². The van der Waals surface area contributed by atoms with Gasteiger partial charge in [-0.3, -0.25) is 0 Å². The molecule has 0 unspecified atom stereocenters. The second-order valence-electron chi connectivity index (χ2n) is 3.34. The monoisotopic (exact) mass is 154 g/mol. The molecule has 1 atom stereocenters. The lowest BCUT2D eigenvalue weighted by Crippen LogP contribution is -2.05. The Morgan fingerprint density at radius 2 is 1.55 bits per heavy atom. The number of aliphatic hydroxyl groups excluding tert-OH is 1. The van der Waals surface area contributed by atoms with Gasteiger partial charge in [0.2, 0.25) is 0 Å². The molecule has 0 saturated carbocycles. The molecular formula is C10H18O. The Hall–Kier alpha value is -0.300. The molecule has 1 heteroatoms.